The average molecular weight is 423 g/mol. The standard InChI is InChI=1S/C20H26N2O4S2/c1-16-4-6-17(7-5-16)15-27-13-12-21-20(23)14-22(2)28(24,25)19-10-8-18(26-3)9-11-19/h4-11H,12-15H2,1-3H3,(H,21,23). The number of carbonyl (C=O) groups excluding carboxylic acids is 1. The zero-order chi connectivity index (χ0) is 20.6. The summed E-state index contributed by atoms with van der Waals surface area (Å²) in [6, 6.07) is 14.4. The van der Waals surface area contributed by atoms with Gasteiger partial charge in [-0.2, -0.15) is 16.1 Å². The van der Waals surface area contributed by atoms with Crippen molar-refractivity contribution in [2.75, 3.05) is 33.0 Å². The van der Waals surface area contributed by atoms with Crippen LogP contribution in [0.1, 0.15) is 11.1 Å². The molecule has 0 aliphatic rings. The van der Waals surface area contributed by atoms with Gasteiger partial charge in [-0.3, -0.25) is 4.79 Å². The Morgan fingerprint density at radius 3 is 2.36 bits per heavy atom. The molecule has 0 bridgehead atoms. The molecule has 2 rings (SSSR count). The Labute approximate surface area is 171 Å². The maximum atomic E-state index is 12.5. The summed E-state index contributed by atoms with van der Waals surface area (Å²) in [6.45, 7) is 2.32. The van der Waals surface area contributed by atoms with Crippen molar-refractivity contribution in [3.8, 4) is 5.75 Å². The van der Waals surface area contributed by atoms with Crippen molar-refractivity contribution in [3.63, 3.8) is 0 Å². The van der Waals surface area contributed by atoms with Gasteiger partial charge in [-0.25, -0.2) is 8.42 Å². The van der Waals surface area contributed by atoms with Gasteiger partial charge in [0.25, 0.3) is 0 Å². The summed E-state index contributed by atoms with van der Waals surface area (Å²) < 4.78 is 31.1. The monoisotopic (exact) mass is 422 g/mol. The van der Waals surface area contributed by atoms with Crippen molar-refractivity contribution < 1.29 is 17.9 Å². The molecule has 0 heterocycles. The number of hydrogen-bond donors (Lipinski definition) is 1. The SMILES string of the molecule is COc1ccc(S(=O)(=O)N(C)CC(=O)NCCSCc2ccc(C)cc2)cc1. The van der Waals surface area contributed by atoms with Crippen LogP contribution in [0.4, 0.5) is 0 Å². The zero-order valence-electron chi connectivity index (χ0n) is 16.3. The van der Waals surface area contributed by atoms with Crippen molar-refractivity contribution in [1.29, 1.82) is 0 Å². The molecule has 0 aliphatic heterocycles. The smallest absolute Gasteiger partial charge is 0.243 e. The van der Waals surface area contributed by atoms with Crippen LogP contribution in [0.15, 0.2) is 53.4 Å². The number of carbonyl (C=O) groups is 1. The second-order valence-corrected chi connectivity index (χ2v) is 9.47. The van der Waals surface area contributed by atoms with Gasteiger partial charge in [0.05, 0.1) is 18.6 Å². The fourth-order valence-corrected chi connectivity index (χ4v) is 4.35. The average Bonchev–Trinajstić information content (AvgIpc) is 2.69. The highest BCUT2D eigenvalue weighted by molar-refractivity contribution is 7.98. The van der Waals surface area contributed by atoms with Crippen molar-refractivity contribution in [1.82, 2.24) is 9.62 Å². The highest BCUT2D eigenvalue weighted by Crippen LogP contribution is 2.18. The van der Waals surface area contributed by atoms with Crippen LogP contribution in [0.2, 0.25) is 0 Å². The van der Waals surface area contributed by atoms with E-state index >= 15 is 0 Å². The van der Waals surface area contributed by atoms with Crippen molar-refractivity contribution in [3.05, 3.63) is 59.7 Å². The van der Waals surface area contributed by atoms with Gasteiger partial charge in [0.2, 0.25) is 15.9 Å². The van der Waals surface area contributed by atoms with E-state index in [1.807, 2.05) is 0 Å². The van der Waals surface area contributed by atoms with E-state index in [0.29, 0.717) is 12.3 Å². The van der Waals surface area contributed by atoms with Gasteiger partial charge in [-0.15, -0.1) is 0 Å². The lowest BCUT2D eigenvalue weighted by Crippen LogP contribution is -2.39. The van der Waals surface area contributed by atoms with Crippen LogP contribution in [0.5, 0.6) is 5.75 Å². The number of hydrogen-bond acceptors (Lipinski definition) is 5. The molecule has 0 unspecified atom stereocenters. The third-order valence-electron chi connectivity index (χ3n) is 4.09. The molecule has 0 saturated heterocycles. The number of benzene rings is 2. The number of sulfonamides is 1. The predicted molar refractivity (Wildman–Crippen MR) is 113 cm³/mol. The molecule has 0 radical (unpaired) electrons. The Bertz CT molecular complexity index is 866. The Balaban J connectivity index is 1.74. The molecule has 1 N–H and O–H groups in total. The van der Waals surface area contributed by atoms with E-state index in [4.69, 9.17) is 4.74 Å². The first-order chi connectivity index (χ1) is 13.3. The molecule has 28 heavy (non-hydrogen) atoms. The van der Waals surface area contributed by atoms with Gasteiger partial charge in [-0.1, -0.05) is 29.8 Å². The van der Waals surface area contributed by atoms with Crippen LogP contribution in [0, 0.1) is 6.92 Å². The molecule has 1 amide bonds. The molecule has 0 aromatic heterocycles. The molecule has 8 heteroatoms. The largest absolute Gasteiger partial charge is 0.497 e. The number of methoxy groups -OCH3 is 1. The number of amides is 1. The fourth-order valence-electron chi connectivity index (χ4n) is 2.41. The van der Waals surface area contributed by atoms with Crippen LogP contribution in [0.25, 0.3) is 0 Å². The molecule has 0 aliphatic carbocycles. The van der Waals surface area contributed by atoms with Crippen LogP contribution < -0.4 is 10.1 Å². The second-order valence-electron chi connectivity index (χ2n) is 6.32. The van der Waals surface area contributed by atoms with Gasteiger partial charge in [-0.05, 0) is 36.8 Å². The quantitative estimate of drug-likeness (QED) is 0.596. The Hall–Kier alpha value is -2.03. The maximum absolute atomic E-state index is 12.5. The highest BCUT2D eigenvalue weighted by atomic mass is 32.2. The normalized spacial score (nSPS) is 11.4. The Morgan fingerprint density at radius 1 is 1.11 bits per heavy atom. The van der Waals surface area contributed by atoms with Crippen LogP contribution in [0.3, 0.4) is 0 Å². The molecule has 2 aromatic carbocycles. The number of ether oxygens (including phenoxy) is 1. The number of nitrogens with zero attached hydrogens (tertiary/aromatic N) is 1. The number of aryl methyl sites for hydroxylation is 1. The molecule has 6 nitrogen and oxygen atoms in total. The number of rotatable bonds is 10. The summed E-state index contributed by atoms with van der Waals surface area (Å²) in [5.74, 6) is 1.88. The summed E-state index contributed by atoms with van der Waals surface area (Å²) in [5.41, 5.74) is 2.47. The zero-order valence-corrected chi connectivity index (χ0v) is 18.0. The fraction of sp³-hybridized carbons (Fsp3) is 0.350. The molecule has 152 valence electrons. The molecule has 0 spiro atoms. The lowest BCUT2D eigenvalue weighted by molar-refractivity contribution is -0.121. The van der Waals surface area contributed by atoms with E-state index < -0.39 is 10.0 Å². The van der Waals surface area contributed by atoms with Gasteiger partial charge in [0.15, 0.2) is 0 Å². The van der Waals surface area contributed by atoms with E-state index in [0.717, 1.165) is 15.8 Å². The van der Waals surface area contributed by atoms with Gasteiger partial charge < -0.3 is 10.1 Å². The number of nitrogens with one attached hydrogen (secondary N) is 1. The summed E-state index contributed by atoms with van der Waals surface area (Å²) >= 11 is 1.72. The highest BCUT2D eigenvalue weighted by Gasteiger charge is 2.22. The van der Waals surface area contributed by atoms with Gasteiger partial charge in [0, 0.05) is 25.1 Å². The second kappa shape index (κ2) is 10.5. The molecular formula is C20H26N2O4S2. The Morgan fingerprint density at radius 2 is 1.75 bits per heavy atom. The topological polar surface area (TPSA) is 75.7 Å². The lowest BCUT2D eigenvalue weighted by Gasteiger charge is -2.17. The summed E-state index contributed by atoms with van der Waals surface area (Å²) in [4.78, 5) is 12.2. The first-order valence-electron chi connectivity index (χ1n) is 8.83. The van der Waals surface area contributed by atoms with Gasteiger partial charge in [0.1, 0.15) is 5.75 Å². The van der Waals surface area contributed by atoms with E-state index in [9.17, 15) is 13.2 Å². The van der Waals surface area contributed by atoms with Gasteiger partial charge >= 0.3 is 0 Å². The first-order valence-corrected chi connectivity index (χ1v) is 11.4. The van der Waals surface area contributed by atoms with Crippen molar-refractivity contribution in [2.45, 2.75) is 17.6 Å². The molecule has 2 aromatic rings. The van der Waals surface area contributed by atoms with Crippen LogP contribution in [-0.4, -0.2) is 51.6 Å². The first kappa shape index (κ1) is 22.3. The van der Waals surface area contributed by atoms with E-state index in [1.54, 1.807) is 23.9 Å². The molecule has 0 atom stereocenters. The third kappa shape index (κ3) is 6.54. The Kier molecular flexibility index (Phi) is 8.35. The minimum Gasteiger partial charge on any atom is -0.497 e. The van der Waals surface area contributed by atoms with E-state index in [2.05, 4.69) is 36.5 Å². The third-order valence-corrected chi connectivity index (χ3v) is 6.94. The summed E-state index contributed by atoms with van der Waals surface area (Å²) in [6.07, 6.45) is 0. The lowest BCUT2D eigenvalue weighted by atomic mass is 10.2. The molecule has 0 fully saturated rings. The summed E-state index contributed by atoms with van der Waals surface area (Å²) in [5, 5.41) is 2.76. The minimum absolute atomic E-state index is 0.122. The minimum atomic E-state index is -3.72. The van der Waals surface area contributed by atoms with Crippen molar-refractivity contribution >= 4 is 27.7 Å². The van der Waals surface area contributed by atoms with Crippen LogP contribution in [-0.2, 0) is 20.6 Å². The number of thioether (sulfide) groups is 1. The number of likely N-dealkylation sites (N-methyl/N-ethyl adjacent to an activating group) is 1. The molecular weight excluding hydrogens is 396 g/mol. The molecule has 0 saturated carbocycles. The van der Waals surface area contributed by atoms with E-state index in [1.165, 1.54) is 37.4 Å². The van der Waals surface area contributed by atoms with E-state index in [-0.39, 0.29) is 17.3 Å². The van der Waals surface area contributed by atoms with Crippen LogP contribution >= 0.6 is 11.8 Å². The van der Waals surface area contributed by atoms with Crippen molar-refractivity contribution in [2.24, 2.45) is 0 Å². The summed E-state index contributed by atoms with van der Waals surface area (Å²) in [7, 11) is -0.815. The maximum Gasteiger partial charge on any atom is 0.243 e. The predicted octanol–water partition coefficient (Wildman–Crippen LogP) is 2.67.